The fourth-order valence-electron chi connectivity index (χ4n) is 3.87. The predicted octanol–water partition coefficient (Wildman–Crippen LogP) is 5.46. The molecular weight excluding hydrogens is 454 g/mol. The largest absolute Gasteiger partial charge is 0.360 e. The molecule has 0 saturated heterocycles. The van der Waals surface area contributed by atoms with E-state index in [1.807, 2.05) is 68.4 Å². The van der Waals surface area contributed by atoms with Gasteiger partial charge in [-0.1, -0.05) is 75.4 Å². The van der Waals surface area contributed by atoms with Crippen LogP contribution in [-0.4, -0.2) is 34.3 Å². The molecule has 2 unspecified atom stereocenters. The molecule has 2 aromatic carbocycles. The van der Waals surface area contributed by atoms with Crippen molar-refractivity contribution in [3.8, 4) is 0 Å². The Morgan fingerprint density at radius 2 is 1.67 bits per heavy atom. The summed E-state index contributed by atoms with van der Waals surface area (Å²) >= 11 is 0. The zero-order valence-corrected chi connectivity index (χ0v) is 21.7. The van der Waals surface area contributed by atoms with Gasteiger partial charge in [-0.3, -0.25) is 19.6 Å². The zero-order valence-electron chi connectivity index (χ0n) is 21.7. The highest BCUT2D eigenvalue weighted by molar-refractivity contribution is 6.10. The molecule has 3 rings (SSSR count). The van der Waals surface area contributed by atoms with Crippen LogP contribution in [0.1, 0.15) is 56.5 Å². The van der Waals surface area contributed by atoms with Crippen molar-refractivity contribution < 1.29 is 19.6 Å². The van der Waals surface area contributed by atoms with E-state index in [2.05, 4.69) is 30.7 Å². The Kier molecular flexibility index (Phi) is 14.2. The van der Waals surface area contributed by atoms with Gasteiger partial charge in [-0.05, 0) is 36.8 Å². The van der Waals surface area contributed by atoms with Crippen molar-refractivity contribution >= 4 is 29.0 Å². The van der Waals surface area contributed by atoms with Gasteiger partial charge in [0.15, 0.2) is 5.78 Å². The minimum absolute atomic E-state index is 0.0894. The fraction of sp³-hybridized carbons (Fsp3) is 0.345. The SMILES string of the molecule is C=CC.CC(C)CC(C)CC(=O)NO.O=CNC(Cc1ccccc1)C(=O)c1c[nH]c2ccccc12. The number of amides is 2. The molecule has 7 nitrogen and oxygen atoms in total. The summed E-state index contributed by atoms with van der Waals surface area (Å²) in [4.78, 5) is 37.4. The first-order chi connectivity index (χ1) is 17.3. The minimum atomic E-state index is -0.570. The first-order valence-corrected chi connectivity index (χ1v) is 12.1. The standard InChI is InChI=1S/C18H16N2O2.C8H17NO2.C3H6/c21-12-20-17(10-13-6-2-1-3-7-13)18(22)15-11-19-16-9-5-4-8-14(15)16;1-6(2)4-7(3)5-8(10)9-11;1-3-2/h1-9,11-12,17,19H,10H2,(H,20,21);6-7,11H,4-5H2,1-3H3,(H,9,10);3H,1H2,2H3. The van der Waals surface area contributed by atoms with Gasteiger partial charge in [-0.15, -0.1) is 6.58 Å². The number of para-hydroxylation sites is 1. The number of carbonyl (C=O) groups is 3. The molecule has 0 aliphatic carbocycles. The van der Waals surface area contributed by atoms with Crippen LogP contribution in [0.15, 0.2) is 73.4 Å². The number of fused-ring (bicyclic) bond motifs is 1. The van der Waals surface area contributed by atoms with E-state index in [9.17, 15) is 14.4 Å². The van der Waals surface area contributed by atoms with Crippen molar-refractivity contribution in [3.05, 3.63) is 84.6 Å². The molecule has 0 aliphatic rings. The third-order valence-corrected chi connectivity index (χ3v) is 5.26. The number of H-pyrrole nitrogens is 1. The highest BCUT2D eigenvalue weighted by atomic mass is 16.5. The molecule has 2 amide bonds. The van der Waals surface area contributed by atoms with Gasteiger partial charge < -0.3 is 10.3 Å². The minimum Gasteiger partial charge on any atom is -0.360 e. The number of allylic oxidation sites excluding steroid dienone is 1. The van der Waals surface area contributed by atoms with Crippen LogP contribution in [-0.2, 0) is 16.0 Å². The number of nitrogens with one attached hydrogen (secondary N) is 3. The van der Waals surface area contributed by atoms with Gasteiger partial charge in [-0.2, -0.15) is 0 Å². The molecule has 0 saturated carbocycles. The summed E-state index contributed by atoms with van der Waals surface area (Å²) in [5, 5.41) is 11.7. The topological polar surface area (TPSA) is 111 Å². The van der Waals surface area contributed by atoms with E-state index in [0.29, 0.717) is 36.7 Å². The first kappa shape index (κ1) is 30.3. The number of aromatic amines is 1. The Bertz CT molecular complexity index is 1080. The average Bonchev–Trinajstić information content (AvgIpc) is 3.28. The Hall–Kier alpha value is -3.71. The van der Waals surface area contributed by atoms with Crippen LogP contribution in [0.2, 0.25) is 0 Å². The summed E-state index contributed by atoms with van der Waals surface area (Å²) in [7, 11) is 0. The molecule has 7 heteroatoms. The van der Waals surface area contributed by atoms with Gasteiger partial charge in [0, 0.05) is 35.5 Å². The third-order valence-electron chi connectivity index (χ3n) is 5.26. The second-order valence-corrected chi connectivity index (χ2v) is 9.02. The quantitative estimate of drug-likeness (QED) is 0.0987. The Balaban J connectivity index is 0.000000391. The second kappa shape index (κ2) is 16.8. The van der Waals surface area contributed by atoms with E-state index >= 15 is 0 Å². The van der Waals surface area contributed by atoms with Crippen molar-refractivity contribution in [2.75, 3.05) is 0 Å². The molecule has 36 heavy (non-hydrogen) atoms. The lowest BCUT2D eigenvalue weighted by atomic mass is 9.96. The molecular formula is C29H39N3O4. The number of hydroxylamine groups is 1. The van der Waals surface area contributed by atoms with Gasteiger partial charge in [0.25, 0.3) is 0 Å². The van der Waals surface area contributed by atoms with Crippen LogP contribution in [0.3, 0.4) is 0 Å². The van der Waals surface area contributed by atoms with E-state index < -0.39 is 6.04 Å². The molecule has 1 heterocycles. The maximum absolute atomic E-state index is 12.8. The molecule has 0 spiro atoms. The fourth-order valence-corrected chi connectivity index (χ4v) is 3.87. The smallest absolute Gasteiger partial charge is 0.243 e. The van der Waals surface area contributed by atoms with E-state index in [4.69, 9.17) is 5.21 Å². The zero-order chi connectivity index (χ0) is 26.9. The highest BCUT2D eigenvalue weighted by Gasteiger charge is 2.22. The lowest BCUT2D eigenvalue weighted by Gasteiger charge is -2.14. The maximum atomic E-state index is 12.8. The molecule has 194 valence electrons. The van der Waals surface area contributed by atoms with Crippen molar-refractivity contribution in [1.29, 1.82) is 0 Å². The third kappa shape index (κ3) is 10.7. The summed E-state index contributed by atoms with van der Waals surface area (Å²) in [6.45, 7) is 11.5. The number of ketones is 1. The number of aromatic nitrogens is 1. The summed E-state index contributed by atoms with van der Waals surface area (Å²) < 4.78 is 0. The number of hydrogen-bond acceptors (Lipinski definition) is 4. The number of Topliss-reactive ketones (excluding diaryl/α,β-unsaturated/α-hetero) is 1. The Labute approximate surface area is 214 Å². The molecule has 0 fully saturated rings. The molecule has 1 aromatic heterocycles. The Morgan fingerprint density at radius 3 is 2.25 bits per heavy atom. The predicted molar refractivity (Wildman–Crippen MR) is 145 cm³/mol. The molecule has 4 N–H and O–H groups in total. The van der Waals surface area contributed by atoms with Crippen LogP contribution in [0.4, 0.5) is 0 Å². The van der Waals surface area contributed by atoms with E-state index in [1.165, 1.54) is 0 Å². The van der Waals surface area contributed by atoms with E-state index in [0.717, 1.165) is 22.9 Å². The summed E-state index contributed by atoms with van der Waals surface area (Å²) in [5.41, 5.74) is 4.15. The Morgan fingerprint density at radius 1 is 1.06 bits per heavy atom. The maximum Gasteiger partial charge on any atom is 0.243 e. The molecule has 0 bridgehead atoms. The summed E-state index contributed by atoms with van der Waals surface area (Å²) in [5.74, 6) is 0.574. The molecule has 0 aliphatic heterocycles. The summed E-state index contributed by atoms with van der Waals surface area (Å²) in [6, 6.07) is 16.7. The van der Waals surface area contributed by atoms with Crippen molar-refractivity contribution in [3.63, 3.8) is 0 Å². The first-order valence-electron chi connectivity index (χ1n) is 12.1. The van der Waals surface area contributed by atoms with Crippen LogP contribution in [0.5, 0.6) is 0 Å². The van der Waals surface area contributed by atoms with Crippen molar-refractivity contribution in [2.45, 2.75) is 53.0 Å². The van der Waals surface area contributed by atoms with Crippen molar-refractivity contribution in [1.82, 2.24) is 15.8 Å². The van der Waals surface area contributed by atoms with Gasteiger partial charge in [0.1, 0.15) is 0 Å². The lowest BCUT2D eigenvalue weighted by molar-refractivity contribution is -0.130. The van der Waals surface area contributed by atoms with E-state index in [1.54, 1.807) is 17.8 Å². The second-order valence-electron chi connectivity index (χ2n) is 9.02. The van der Waals surface area contributed by atoms with Gasteiger partial charge in [-0.25, -0.2) is 5.48 Å². The van der Waals surface area contributed by atoms with Crippen LogP contribution in [0, 0.1) is 11.8 Å². The highest BCUT2D eigenvalue weighted by Crippen LogP contribution is 2.20. The molecule has 0 radical (unpaired) electrons. The van der Waals surface area contributed by atoms with Crippen molar-refractivity contribution in [2.24, 2.45) is 11.8 Å². The number of rotatable bonds is 10. The van der Waals surface area contributed by atoms with Crippen LogP contribution >= 0.6 is 0 Å². The van der Waals surface area contributed by atoms with Gasteiger partial charge >= 0.3 is 0 Å². The van der Waals surface area contributed by atoms with E-state index in [-0.39, 0.29) is 11.7 Å². The van der Waals surface area contributed by atoms with Crippen LogP contribution < -0.4 is 10.8 Å². The van der Waals surface area contributed by atoms with Gasteiger partial charge in [0.2, 0.25) is 12.3 Å². The van der Waals surface area contributed by atoms with Gasteiger partial charge in [0.05, 0.1) is 6.04 Å². The lowest BCUT2D eigenvalue weighted by Crippen LogP contribution is -2.37. The average molecular weight is 494 g/mol. The molecule has 3 aromatic rings. The number of carbonyl (C=O) groups excluding carboxylic acids is 3. The normalized spacial score (nSPS) is 11.7. The number of benzene rings is 2. The van der Waals surface area contributed by atoms with Crippen LogP contribution in [0.25, 0.3) is 10.9 Å². The molecule has 2 atom stereocenters. The number of hydrogen-bond donors (Lipinski definition) is 4. The monoisotopic (exact) mass is 493 g/mol. The summed E-state index contributed by atoms with van der Waals surface area (Å²) in [6.07, 6.45) is 5.94.